The molecule has 2 rings (SSSR count). The Hall–Kier alpha value is -1.95. The van der Waals surface area contributed by atoms with Gasteiger partial charge in [-0.3, -0.25) is 0 Å². The molecule has 0 atom stereocenters. The number of aromatic nitrogens is 3. The molecule has 0 saturated carbocycles. The topological polar surface area (TPSA) is 62.7 Å². The van der Waals surface area contributed by atoms with Crippen molar-refractivity contribution in [2.24, 2.45) is 0 Å². The third-order valence-corrected chi connectivity index (χ3v) is 2.56. The van der Waals surface area contributed by atoms with Gasteiger partial charge in [0.2, 0.25) is 17.2 Å². The highest BCUT2D eigenvalue weighted by atomic mass is 35.5. The summed E-state index contributed by atoms with van der Waals surface area (Å²) in [6.45, 7) is 4.42. The van der Waals surface area contributed by atoms with Gasteiger partial charge in [-0.2, -0.15) is 15.0 Å². The zero-order valence-corrected chi connectivity index (χ0v) is 11.9. The summed E-state index contributed by atoms with van der Waals surface area (Å²) >= 11 is 5.84. The molecule has 106 valence electrons. The minimum Gasteiger partial charge on any atom is -0.352 e. The molecular weight excluding hydrogens is 281 g/mol. The molecule has 1 aromatic carbocycles. The van der Waals surface area contributed by atoms with Crippen molar-refractivity contribution in [3.05, 3.63) is 40.9 Å². The number of rotatable bonds is 5. The van der Waals surface area contributed by atoms with Crippen molar-refractivity contribution in [3.63, 3.8) is 0 Å². The molecule has 1 aromatic heterocycles. The number of halogens is 2. The summed E-state index contributed by atoms with van der Waals surface area (Å²) in [6, 6.07) is 6.39. The lowest BCUT2D eigenvalue weighted by Crippen LogP contribution is -2.14. The normalized spacial score (nSPS) is 10.7. The fourth-order valence-corrected chi connectivity index (χ4v) is 1.70. The summed E-state index contributed by atoms with van der Waals surface area (Å²) in [4.78, 5) is 12.2. The van der Waals surface area contributed by atoms with Crippen molar-refractivity contribution in [2.45, 2.75) is 26.4 Å². The van der Waals surface area contributed by atoms with Crippen LogP contribution in [0.1, 0.15) is 19.4 Å². The van der Waals surface area contributed by atoms with Crippen LogP contribution in [0.2, 0.25) is 5.28 Å². The second-order valence-corrected chi connectivity index (χ2v) is 4.87. The van der Waals surface area contributed by atoms with Crippen molar-refractivity contribution >= 4 is 23.5 Å². The Bertz CT molecular complexity index is 573. The molecule has 0 aliphatic rings. The molecule has 0 fully saturated rings. The highest BCUT2D eigenvalue weighted by molar-refractivity contribution is 6.28. The van der Waals surface area contributed by atoms with Crippen molar-refractivity contribution in [2.75, 3.05) is 10.6 Å². The molecule has 1 heterocycles. The molecule has 2 aromatic rings. The molecule has 0 amide bonds. The molecular formula is C13H15ClFN5. The number of anilines is 2. The maximum atomic E-state index is 12.8. The predicted octanol–water partition coefficient (Wildman–Crippen LogP) is 3.10. The summed E-state index contributed by atoms with van der Waals surface area (Å²) in [5.41, 5.74) is 0.918. The van der Waals surface area contributed by atoms with Crippen LogP contribution in [0.25, 0.3) is 0 Å². The van der Waals surface area contributed by atoms with E-state index >= 15 is 0 Å². The van der Waals surface area contributed by atoms with Gasteiger partial charge in [0, 0.05) is 12.6 Å². The summed E-state index contributed by atoms with van der Waals surface area (Å²) in [5, 5.41) is 6.20. The lowest BCUT2D eigenvalue weighted by molar-refractivity contribution is 0.627. The van der Waals surface area contributed by atoms with E-state index in [0.29, 0.717) is 18.4 Å². The molecule has 0 radical (unpaired) electrons. The van der Waals surface area contributed by atoms with Gasteiger partial charge < -0.3 is 10.6 Å². The second-order valence-electron chi connectivity index (χ2n) is 4.53. The first-order valence-corrected chi connectivity index (χ1v) is 6.57. The average molecular weight is 296 g/mol. The van der Waals surface area contributed by atoms with Gasteiger partial charge in [-0.15, -0.1) is 0 Å². The minimum atomic E-state index is -0.264. The Labute approximate surface area is 121 Å². The quantitative estimate of drug-likeness (QED) is 0.887. The third kappa shape index (κ3) is 4.31. The summed E-state index contributed by atoms with van der Waals surface area (Å²) in [7, 11) is 0. The maximum Gasteiger partial charge on any atom is 0.229 e. The van der Waals surface area contributed by atoms with Gasteiger partial charge in [0.15, 0.2) is 0 Å². The molecule has 7 heteroatoms. The van der Waals surface area contributed by atoms with Crippen molar-refractivity contribution in [1.29, 1.82) is 0 Å². The number of nitrogens with zero attached hydrogens (tertiary/aromatic N) is 3. The monoisotopic (exact) mass is 295 g/mol. The van der Waals surface area contributed by atoms with Crippen LogP contribution in [0.15, 0.2) is 24.3 Å². The first-order chi connectivity index (χ1) is 9.52. The summed E-state index contributed by atoms with van der Waals surface area (Å²) in [5.74, 6) is 0.527. The number of hydrogen-bond donors (Lipinski definition) is 2. The standard InChI is InChI=1S/C13H15ClFN5/c1-8(2)17-13-19-11(14)18-12(20-13)16-7-9-3-5-10(15)6-4-9/h3-6,8H,7H2,1-2H3,(H2,16,17,18,19,20). The van der Waals surface area contributed by atoms with Crippen LogP contribution < -0.4 is 10.6 Å². The predicted molar refractivity (Wildman–Crippen MR) is 77.3 cm³/mol. The Morgan fingerprint density at radius 2 is 1.75 bits per heavy atom. The van der Waals surface area contributed by atoms with E-state index in [1.54, 1.807) is 12.1 Å². The Kier molecular flexibility index (Phi) is 4.68. The fraction of sp³-hybridized carbons (Fsp3) is 0.308. The summed E-state index contributed by atoms with van der Waals surface area (Å²) in [6.07, 6.45) is 0. The van der Waals surface area contributed by atoms with E-state index in [1.807, 2.05) is 13.8 Å². The number of benzene rings is 1. The molecule has 20 heavy (non-hydrogen) atoms. The average Bonchev–Trinajstić information content (AvgIpc) is 2.36. The fourth-order valence-electron chi connectivity index (χ4n) is 1.54. The first-order valence-electron chi connectivity index (χ1n) is 6.19. The van der Waals surface area contributed by atoms with E-state index in [-0.39, 0.29) is 17.1 Å². The highest BCUT2D eigenvalue weighted by Gasteiger charge is 2.06. The zero-order chi connectivity index (χ0) is 14.5. The van der Waals surface area contributed by atoms with Gasteiger partial charge in [-0.05, 0) is 43.1 Å². The molecule has 0 bridgehead atoms. The highest BCUT2D eigenvalue weighted by Crippen LogP contribution is 2.12. The molecule has 0 aliphatic carbocycles. The minimum absolute atomic E-state index is 0.116. The van der Waals surface area contributed by atoms with E-state index in [2.05, 4.69) is 25.6 Å². The molecule has 0 saturated heterocycles. The molecule has 0 unspecified atom stereocenters. The zero-order valence-electron chi connectivity index (χ0n) is 11.2. The largest absolute Gasteiger partial charge is 0.352 e. The van der Waals surface area contributed by atoms with Crippen LogP contribution in [0, 0.1) is 5.82 Å². The Morgan fingerprint density at radius 3 is 2.40 bits per heavy atom. The van der Waals surface area contributed by atoms with Crippen LogP contribution >= 0.6 is 11.6 Å². The van der Waals surface area contributed by atoms with Crippen LogP contribution in [-0.4, -0.2) is 21.0 Å². The van der Waals surface area contributed by atoms with Gasteiger partial charge >= 0.3 is 0 Å². The van der Waals surface area contributed by atoms with E-state index in [1.165, 1.54) is 12.1 Å². The van der Waals surface area contributed by atoms with E-state index in [0.717, 1.165) is 5.56 Å². The summed E-state index contributed by atoms with van der Waals surface area (Å²) < 4.78 is 12.8. The smallest absolute Gasteiger partial charge is 0.229 e. The molecule has 5 nitrogen and oxygen atoms in total. The van der Waals surface area contributed by atoms with E-state index < -0.39 is 0 Å². The van der Waals surface area contributed by atoms with E-state index in [4.69, 9.17) is 11.6 Å². The number of hydrogen-bond acceptors (Lipinski definition) is 5. The lowest BCUT2D eigenvalue weighted by Gasteiger charge is -2.10. The van der Waals surface area contributed by atoms with Gasteiger partial charge in [-0.25, -0.2) is 4.39 Å². The van der Waals surface area contributed by atoms with Crippen molar-refractivity contribution in [1.82, 2.24) is 15.0 Å². The van der Waals surface area contributed by atoms with Crippen LogP contribution in [0.5, 0.6) is 0 Å². The Balaban J connectivity index is 2.05. The van der Waals surface area contributed by atoms with Gasteiger partial charge in [0.05, 0.1) is 0 Å². The van der Waals surface area contributed by atoms with Gasteiger partial charge in [0.25, 0.3) is 0 Å². The molecule has 0 spiro atoms. The number of nitrogens with one attached hydrogen (secondary N) is 2. The molecule has 2 N–H and O–H groups in total. The van der Waals surface area contributed by atoms with E-state index in [9.17, 15) is 4.39 Å². The van der Waals surface area contributed by atoms with Gasteiger partial charge in [-0.1, -0.05) is 12.1 Å². The maximum absolute atomic E-state index is 12.8. The van der Waals surface area contributed by atoms with Crippen LogP contribution in [-0.2, 0) is 6.54 Å². The lowest BCUT2D eigenvalue weighted by atomic mass is 10.2. The van der Waals surface area contributed by atoms with Gasteiger partial charge in [0.1, 0.15) is 5.82 Å². The first kappa shape index (κ1) is 14.5. The Morgan fingerprint density at radius 1 is 1.10 bits per heavy atom. The van der Waals surface area contributed by atoms with Crippen molar-refractivity contribution < 1.29 is 4.39 Å². The second kappa shape index (κ2) is 6.47. The van der Waals surface area contributed by atoms with Crippen molar-refractivity contribution in [3.8, 4) is 0 Å². The third-order valence-electron chi connectivity index (χ3n) is 2.39. The van der Waals surface area contributed by atoms with Crippen LogP contribution in [0.3, 0.4) is 0 Å². The van der Waals surface area contributed by atoms with Crippen LogP contribution in [0.4, 0.5) is 16.3 Å². The molecule has 0 aliphatic heterocycles. The SMILES string of the molecule is CC(C)Nc1nc(Cl)nc(NCc2ccc(F)cc2)n1.